The van der Waals surface area contributed by atoms with Crippen LogP contribution in [0.5, 0.6) is 5.75 Å². The first-order valence-corrected chi connectivity index (χ1v) is 12.6. The van der Waals surface area contributed by atoms with Gasteiger partial charge in [-0.3, -0.25) is 0 Å². The molecule has 0 heterocycles. The van der Waals surface area contributed by atoms with Gasteiger partial charge in [-0.05, 0) is 87.3 Å². The number of para-hydroxylation sites is 1. The van der Waals surface area contributed by atoms with Crippen molar-refractivity contribution in [1.29, 1.82) is 0 Å². The van der Waals surface area contributed by atoms with Gasteiger partial charge in [-0.25, -0.2) is 0 Å². The van der Waals surface area contributed by atoms with Crippen molar-refractivity contribution in [3.05, 3.63) is 65.3 Å². The molecule has 0 radical (unpaired) electrons. The van der Waals surface area contributed by atoms with Gasteiger partial charge in [-0.1, -0.05) is 38.1 Å². The fraction of sp³-hybridized carbons (Fsp3) is 0.586. The molecule has 0 aliphatic heterocycles. The molecule has 32 heavy (non-hydrogen) atoms. The highest BCUT2D eigenvalue weighted by Crippen LogP contribution is 2.65. The Kier molecular flexibility index (Phi) is 5.63. The molecule has 0 bridgehead atoms. The second-order valence-electron chi connectivity index (χ2n) is 10.4. The minimum absolute atomic E-state index is 0.142. The van der Waals surface area contributed by atoms with Gasteiger partial charge in [0.05, 0.1) is 19.0 Å². The van der Waals surface area contributed by atoms with Crippen LogP contribution in [-0.4, -0.2) is 13.2 Å². The molecule has 0 spiro atoms. The fourth-order valence-electron chi connectivity index (χ4n) is 7.34. The molecule has 1 aromatic carbocycles. The van der Waals surface area contributed by atoms with Crippen LogP contribution in [0.25, 0.3) is 0 Å². The van der Waals surface area contributed by atoms with Crippen LogP contribution in [0.1, 0.15) is 66.2 Å². The van der Waals surface area contributed by atoms with Crippen LogP contribution in [0.15, 0.2) is 65.3 Å². The highest BCUT2D eigenvalue weighted by molar-refractivity contribution is 5.43. The Hall–Kier alpha value is -2.16. The van der Waals surface area contributed by atoms with E-state index in [9.17, 15) is 0 Å². The summed E-state index contributed by atoms with van der Waals surface area (Å²) in [5, 5.41) is 0. The fourth-order valence-corrected chi connectivity index (χ4v) is 7.34. The van der Waals surface area contributed by atoms with Crippen molar-refractivity contribution in [1.82, 2.24) is 0 Å². The normalized spacial score (nSPS) is 35.8. The molecule has 3 heteroatoms. The summed E-state index contributed by atoms with van der Waals surface area (Å²) in [4.78, 5) is 0. The Morgan fingerprint density at radius 1 is 0.875 bits per heavy atom. The zero-order valence-corrected chi connectivity index (χ0v) is 20.2. The van der Waals surface area contributed by atoms with E-state index < -0.39 is 0 Å². The molecular formula is C29H38O3. The third kappa shape index (κ3) is 3.31. The van der Waals surface area contributed by atoms with E-state index in [0.717, 1.165) is 43.1 Å². The van der Waals surface area contributed by atoms with Crippen LogP contribution in [0, 0.1) is 28.6 Å². The Balaban J connectivity index is 1.49. The summed E-state index contributed by atoms with van der Waals surface area (Å²) in [7, 11) is 0. The maximum Gasteiger partial charge on any atom is 0.168 e. The van der Waals surface area contributed by atoms with Gasteiger partial charge >= 0.3 is 0 Å². The first-order chi connectivity index (χ1) is 15.5. The Morgan fingerprint density at radius 2 is 1.66 bits per heavy atom. The summed E-state index contributed by atoms with van der Waals surface area (Å²) in [6, 6.07) is 10.2. The van der Waals surface area contributed by atoms with E-state index >= 15 is 0 Å². The van der Waals surface area contributed by atoms with E-state index in [2.05, 4.69) is 39.8 Å². The molecule has 0 unspecified atom stereocenters. The minimum Gasteiger partial charge on any atom is -0.498 e. The van der Waals surface area contributed by atoms with Crippen molar-refractivity contribution in [2.75, 3.05) is 13.2 Å². The SMILES string of the molecule is CCOC1=CC[C@H]2[C@@H]3CC=C4C(Oc5ccccc5)=C(OCC)CC[C@]4(C)[C@H]3CC[C@]12C. The zero-order valence-electron chi connectivity index (χ0n) is 20.2. The quantitative estimate of drug-likeness (QED) is 0.466. The van der Waals surface area contributed by atoms with E-state index in [1.54, 1.807) is 0 Å². The van der Waals surface area contributed by atoms with Gasteiger partial charge < -0.3 is 14.2 Å². The highest BCUT2D eigenvalue weighted by Gasteiger charge is 2.58. The second-order valence-corrected chi connectivity index (χ2v) is 10.4. The van der Waals surface area contributed by atoms with Crippen LogP contribution >= 0.6 is 0 Å². The van der Waals surface area contributed by atoms with Crippen molar-refractivity contribution in [3.63, 3.8) is 0 Å². The average molecular weight is 435 g/mol. The second kappa shape index (κ2) is 8.32. The predicted octanol–water partition coefficient (Wildman–Crippen LogP) is 7.42. The van der Waals surface area contributed by atoms with Gasteiger partial charge in [-0.15, -0.1) is 0 Å². The number of hydrogen-bond donors (Lipinski definition) is 0. The Labute approximate surface area is 193 Å². The van der Waals surface area contributed by atoms with Gasteiger partial charge in [-0.2, -0.15) is 0 Å². The van der Waals surface area contributed by atoms with Gasteiger partial charge in [0.25, 0.3) is 0 Å². The lowest BCUT2D eigenvalue weighted by molar-refractivity contribution is -0.0349. The largest absolute Gasteiger partial charge is 0.498 e. The number of benzene rings is 1. The maximum absolute atomic E-state index is 6.55. The van der Waals surface area contributed by atoms with Crippen molar-refractivity contribution in [2.45, 2.75) is 66.2 Å². The molecule has 5 rings (SSSR count). The standard InChI is InChI=1S/C29H38O3/c1-5-30-25-17-19-28(3)23-16-18-29(4)22(14-15-26(29)31-6-2)21(23)12-13-24(28)27(25)32-20-10-8-7-9-11-20/h7-11,13,15,21-23H,5-6,12,14,16-19H2,1-4H3/t21-,22-,23-,28+,29-/m0/s1. The third-order valence-electron chi connectivity index (χ3n) is 8.93. The van der Waals surface area contributed by atoms with Crippen molar-refractivity contribution in [3.8, 4) is 5.75 Å². The van der Waals surface area contributed by atoms with Gasteiger partial charge in [0.15, 0.2) is 5.76 Å². The topological polar surface area (TPSA) is 27.7 Å². The molecular weight excluding hydrogens is 396 g/mol. The molecule has 4 aliphatic carbocycles. The van der Waals surface area contributed by atoms with Crippen LogP contribution in [-0.2, 0) is 9.47 Å². The summed E-state index contributed by atoms with van der Waals surface area (Å²) in [6.45, 7) is 10.6. The number of allylic oxidation sites excluding steroid dienone is 5. The van der Waals surface area contributed by atoms with Crippen molar-refractivity contribution >= 4 is 0 Å². The van der Waals surface area contributed by atoms with E-state index in [0.29, 0.717) is 24.4 Å². The molecule has 1 saturated carbocycles. The van der Waals surface area contributed by atoms with Crippen LogP contribution in [0.2, 0.25) is 0 Å². The molecule has 5 atom stereocenters. The number of fused-ring (bicyclic) bond motifs is 5. The van der Waals surface area contributed by atoms with Crippen molar-refractivity contribution < 1.29 is 14.2 Å². The van der Waals surface area contributed by atoms with Crippen LogP contribution < -0.4 is 4.74 Å². The van der Waals surface area contributed by atoms with E-state index in [1.807, 2.05) is 30.3 Å². The molecule has 172 valence electrons. The van der Waals surface area contributed by atoms with Crippen molar-refractivity contribution in [2.24, 2.45) is 28.6 Å². The van der Waals surface area contributed by atoms with Crippen LogP contribution in [0.3, 0.4) is 0 Å². The Bertz CT molecular complexity index is 942. The first-order valence-electron chi connectivity index (χ1n) is 12.6. The van der Waals surface area contributed by atoms with Gasteiger partial charge in [0.2, 0.25) is 0 Å². The van der Waals surface area contributed by atoms with Gasteiger partial charge in [0, 0.05) is 17.4 Å². The molecule has 0 amide bonds. The molecule has 3 nitrogen and oxygen atoms in total. The van der Waals surface area contributed by atoms with Gasteiger partial charge in [0.1, 0.15) is 11.5 Å². The summed E-state index contributed by atoms with van der Waals surface area (Å²) in [6.07, 6.45) is 11.8. The highest BCUT2D eigenvalue weighted by atomic mass is 16.5. The number of rotatable bonds is 6. The minimum atomic E-state index is 0.142. The lowest BCUT2D eigenvalue weighted by atomic mass is 9.48. The summed E-state index contributed by atoms with van der Waals surface area (Å²) in [5.41, 5.74) is 1.74. The lowest BCUT2D eigenvalue weighted by Gasteiger charge is -2.56. The number of ether oxygens (including phenoxy) is 3. The maximum atomic E-state index is 6.55. The smallest absolute Gasteiger partial charge is 0.168 e. The lowest BCUT2D eigenvalue weighted by Crippen LogP contribution is -2.49. The molecule has 0 aromatic heterocycles. The van der Waals surface area contributed by atoms with E-state index in [4.69, 9.17) is 14.2 Å². The van der Waals surface area contributed by atoms with E-state index in [1.165, 1.54) is 30.6 Å². The molecule has 1 fully saturated rings. The predicted molar refractivity (Wildman–Crippen MR) is 128 cm³/mol. The first kappa shape index (κ1) is 21.7. The Morgan fingerprint density at radius 3 is 2.41 bits per heavy atom. The summed E-state index contributed by atoms with van der Waals surface area (Å²) in [5.74, 6) is 6.26. The molecule has 4 aliphatic rings. The van der Waals surface area contributed by atoms with E-state index in [-0.39, 0.29) is 10.8 Å². The summed E-state index contributed by atoms with van der Waals surface area (Å²) < 4.78 is 18.8. The molecule has 1 aromatic rings. The summed E-state index contributed by atoms with van der Waals surface area (Å²) >= 11 is 0. The average Bonchev–Trinajstić information content (AvgIpc) is 3.13. The van der Waals surface area contributed by atoms with Crippen LogP contribution in [0.4, 0.5) is 0 Å². The number of hydrogen-bond acceptors (Lipinski definition) is 3. The third-order valence-corrected chi connectivity index (χ3v) is 8.93. The molecule has 0 saturated heterocycles. The monoisotopic (exact) mass is 434 g/mol. The molecule has 0 N–H and O–H groups in total. The zero-order chi connectivity index (χ0) is 22.3.